The van der Waals surface area contributed by atoms with Crippen LogP contribution in [-0.2, 0) is 13.0 Å². The highest BCUT2D eigenvalue weighted by Crippen LogP contribution is 2.40. The van der Waals surface area contributed by atoms with Gasteiger partial charge >= 0.3 is 0 Å². The lowest BCUT2D eigenvalue weighted by atomic mass is 9.99. The Balaban J connectivity index is 1.65. The average molecular weight is 410 g/mol. The van der Waals surface area contributed by atoms with Crippen LogP contribution in [0, 0.1) is 11.6 Å². The minimum Gasteiger partial charge on any atom is -0.491 e. The predicted octanol–water partition coefficient (Wildman–Crippen LogP) is 3.82. The van der Waals surface area contributed by atoms with Crippen LogP contribution in [0.1, 0.15) is 40.4 Å². The summed E-state index contributed by atoms with van der Waals surface area (Å²) in [7, 11) is 1.24. The van der Waals surface area contributed by atoms with E-state index in [1.165, 1.54) is 18.9 Å². The van der Waals surface area contributed by atoms with Gasteiger partial charge in [-0.3, -0.25) is 9.59 Å². The number of ether oxygens (including phenoxy) is 1. The standard InChI is InChI=1S/C23H20F2N2O3/c1-30-22-19(25)18(24)10-16-20(22)27(15-6-7-15)12-17(21(16)28)23(29)26-9-8-13-4-2-3-5-14(13)11-26/h2-5,10,12,15H,6-9,11H2,1H3. The molecule has 0 atom stereocenters. The summed E-state index contributed by atoms with van der Waals surface area (Å²) in [4.78, 5) is 28.1. The maximum absolute atomic E-state index is 14.3. The van der Waals surface area contributed by atoms with Crippen LogP contribution in [0.25, 0.3) is 10.9 Å². The van der Waals surface area contributed by atoms with Crippen molar-refractivity contribution in [2.24, 2.45) is 0 Å². The molecule has 0 spiro atoms. The molecule has 2 aromatic carbocycles. The molecule has 0 bridgehead atoms. The van der Waals surface area contributed by atoms with E-state index in [4.69, 9.17) is 4.74 Å². The SMILES string of the molecule is COc1c(F)c(F)cc2c(=O)c(C(=O)N3CCc4ccccc4C3)cn(C3CC3)c12. The number of carbonyl (C=O) groups excluding carboxylic acids is 1. The van der Waals surface area contributed by atoms with Crippen LogP contribution in [0.15, 0.2) is 41.3 Å². The first-order valence-corrected chi connectivity index (χ1v) is 9.96. The smallest absolute Gasteiger partial charge is 0.259 e. The molecule has 1 aliphatic heterocycles. The zero-order chi connectivity index (χ0) is 21.0. The predicted molar refractivity (Wildman–Crippen MR) is 108 cm³/mol. The second-order valence-electron chi connectivity index (χ2n) is 7.86. The molecule has 154 valence electrons. The summed E-state index contributed by atoms with van der Waals surface area (Å²) in [6.07, 6.45) is 3.88. The van der Waals surface area contributed by atoms with E-state index in [0.29, 0.717) is 19.5 Å². The number of halogens is 2. The molecule has 0 radical (unpaired) electrons. The van der Waals surface area contributed by atoms with Gasteiger partial charge in [0.25, 0.3) is 5.91 Å². The normalized spacial score (nSPS) is 15.9. The van der Waals surface area contributed by atoms with Crippen LogP contribution < -0.4 is 10.2 Å². The Labute approximate surface area is 171 Å². The number of fused-ring (bicyclic) bond motifs is 2. The average Bonchev–Trinajstić information content (AvgIpc) is 3.60. The number of benzene rings is 2. The second-order valence-corrected chi connectivity index (χ2v) is 7.86. The first kappa shape index (κ1) is 18.8. The van der Waals surface area contributed by atoms with Gasteiger partial charge in [-0.1, -0.05) is 24.3 Å². The number of pyridine rings is 1. The Morgan fingerprint density at radius 1 is 1.17 bits per heavy atom. The quantitative estimate of drug-likeness (QED) is 0.660. The van der Waals surface area contributed by atoms with Gasteiger partial charge < -0.3 is 14.2 Å². The van der Waals surface area contributed by atoms with E-state index >= 15 is 0 Å². The van der Waals surface area contributed by atoms with Crippen molar-refractivity contribution in [2.75, 3.05) is 13.7 Å². The van der Waals surface area contributed by atoms with E-state index in [0.717, 1.165) is 24.5 Å². The molecule has 0 unspecified atom stereocenters. The molecule has 1 aliphatic carbocycles. The van der Waals surface area contributed by atoms with Gasteiger partial charge in [0.1, 0.15) is 5.56 Å². The Morgan fingerprint density at radius 2 is 1.90 bits per heavy atom. The fourth-order valence-electron chi connectivity index (χ4n) is 4.25. The Morgan fingerprint density at radius 3 is 2.60 bits per heavy atom. The third-order valence-corrected chi connectivity index (χ3v) is 5.96. The van der Waals surface area contributed by atoms with Gasteiger partial charge in [0, 0.05) is 25.3 Å². The summed E-state index contributed by atoms with van der Waals surface area (Å²) in [5.41, 5.74) is 1.81. The highest BCUT2D eigenvalue weighted by atomic mass is 19.2. The van der Waals surface area contributed by atoms with Crippen molar-refractivity contribution in [2.45, 2.75) is 31.8 Å². The lowest BCUT2D eigenvalue weighted by Gasteiger charge is -2.29. The Hall–Kier alpha value is -3.22. The maximum atomic E-state index is 14.3. The molecular weight excluding hydrogens is 390 g/mol. The third kappa shape index (κ3) is 2.88. The molecule has 1 amide bonds. The van der Waals surface area contributed by atoms with Crippen molar-refractivity contribution in [1.82, 2.24) is 9.47 Å². The zero-order valence-corrected chi connectivity index (χ0v) is 16.5. The fourth-order valence-corrected chi connectivity index (χ4v) is 4.25. The summed E-state index contributed by atoms with van der Waals surface area (Å²) < 4.78 is 35.3. The minimum absolute atomic E-state index is 0.0261. The first-order valence-electron chi connectivity index (χ1n) is 9.96. The van der Waals surface area contributed by atoms with Crippen LogP contribution in [0.5, 0.6) is 5.75 Å². The van der Waals surface area contributed by atoms with Crippen LogP contribution in [-0.4, -0.2) is 29.0 Å². The number of rotatable bonds is 3. The lowest BCUT2D eigenvalue weighted by Crippen LogP contribution is -2.38. The molecule has 1 saturated carbocycles. The number of methoxy groups -OCH3 is 1. The van der Waals surface area contributed by atoms with Gasteiger partial charge in [-0.25, -0.2) is 4.39 Å². The molecule has 0 N–H and O–H groups in total. The second kappa shape index (κ2) is 6.93. The molecule has 1 aromatic heterocycles. The van der Waals surface area contributed by atoms with Crippen molar-refractivity contribution in [3.8, 4) is 5.75 Å². The zero-order valence-electron chi connectivity index (χ0n) is 16.5. The van der Waals surface area contributed by atoms with E-state index in [2.05, 4.69) is 0 Å². The van der Waals surface area contributed by atoms with Crippen LogP contribution in [0.3, 0.4) is 0 Å². The molecular formula is C23H20F2N2O3. The van der Waals surface area contributed by atoms with Gasteiger partial charge in [0.2, 0.25) is 11.2 Å². The van der Waals surface area contributed by atoms with E-state index in [1.54, 1.807) is 9.47 Å². The van der Waals surface area contributed by atoms with Gasteiger partial charge in [0.05, 0.1) is 18.0 Å². The number of amides is 1. The molecule has 5 nitrogen and oxygen atoms in total. The largest absolute Gasteiger partial charge is 0.491 e. The molecule has 3 aromatic rings. The van der Waals surface area contributed by atoms with Crippen molar-refractivity contribution in [3.63, 3.8) is 0 Å². The van der Waals surface area contributed by atoms with Crippen LogP contribution in [0.2, 0.25) is 0 Å². The molecule has 7 heteroatoms. The number of hydrogen-bond donors (Lipinski definition) is 0. The van der Waals surface area contributed by atoms with Gasteiger partial charge in [-0.05, 0) is 36.5 Å². The lowest BCUT2D eigenvalue weighted by molar-refractivity contribution is 0.0732. The third-order valence-electron chi connectivity index (χ3n) is 5.96. The van der Waals surface area contributed by atoms with E-state index in [-0.39, 0.29) is 28.3 Å². The van der Waals surface area contributed by atoms with E-state index in [1.807, 2.05) is 24.3 Å². The van der Waals surface area contributed by atoms with Crippen molar-refractivity contribution in [3.05, 3.63) is 75.1 Å². The highest BCUT2D eigenvalue weighted by molar-refractivity contribution is 5.98. The van der Waals surface area contributed by atoms with Gasteiger partial charge in [-0.15, -0.1) is 0 Å². The number of carbonyl (C=O) groups is 1. The van der Waals surface area contributed by atoms with Crippen LogP contribution in [0.4, 0.5) is 8.78 Å². The summed E-state index contributed by atoms with van der Waals surface area (Å²) in [5, 5.41) is -0.0408. The maximum Gasteiger partial charge on any atom is 0.259 e. The first-order chi connectivity index (χ1) is 14.5. The Bertz CT molecular complexity index is 1250. The fraction of sp³-hybridized carbons (Fsp3) is 0.304. The topological polar surface area (TPSA) is 51.5 Å². The number of nitrogens with zero attached hydrogens (tertiary/aromatic N) is 2. The molecule has 2 heterocycles. The number of aromatic nitrogens is 1. The molecule has 5 rings (SSSR count). The summed E-state index contributed by atoms with van der Waals surface area (Å²) in [6, 6.07) is 8.80. The van der Waals surface area contributed by atoms with E-state index in [9.17, 15) is 18.4 Å². The summed E-state index contributed by atoms with van der Waals surface area (Å²) >= 11 is 0. The molecule has 2 aliphatic rings. The highest BCUT2D eigenvalue weighted by Gasteiger charge is 2.31. The molecule has 30 heavy (non-hydrogen) atoms. The molecule has 0 saturated heterocycles. The van der Waals surface area contributed by atoms with Crippen molar-refractivity contribution < 1.29 is 18.3 Å². The monoisotopic (exact) mass is 410 g/mol. The number of hydrogen-bond acceptors (Lipinski definition) is 3. The van der Waals surface area contributed by atoms with Gasteiger partial charge in [-0.2, -0.15) is 4.39 Å². The summed E-state index contributed by atoms with van der Waals surface area (Å²) in [6.45, 7) is 0.912. The Kier molecular flexibility index (Phi) is 4.34. The van der Waals surface area contributed by atoms with Crippen molar-refractivity contribution >= 4 is 16.8 Å². The minimum atomic E-state index is -1.17. The van der Waals surface area contributed by atoms with E-state index < -0.39 is 23.0 Å². The molecule has 1 fully saturated rings. The van der Waals surface area contributed by atoms with Crippen LogP contribution >= 0.6 is 0 Å². The van der Waals surface area contributed by atoms with Gasteiger partial charge in [0.15, 0.2) is 11.6 Å². The van der Waals surface area contributed by atoms with Crippen molar-refractivity contribution in [1.29, 1.82) is 0 Å². The summed E-state index contributed by atoms with van der Waals surface area (Å²) in [5.74, 6) is -3.00.